The van der Waals surface area contributed by atoms with Crippen molar-refractivity contribution in [3.8, 4) is 5.69 Å². The molecule has 9 heteroatoms. The Hall–Kier alpha value is -1.73. The molecule has 0 radical (unpaired) electrons. The van der Waals surface area contributed by atoms with E-state index in [2.05, 4.69) is 5.10 Å². The summed E-state index contributed by atoms with van der Waals surface area (Å²) in [5.74, 6) is -1.16. The number of hydrogen-bond acceptors (Lipinski definition) is 2. The minimum Gasteiger partial charge on any atom is -0.478 e. The molecule has 1 N–H and O–H groups in total. The number of halogens is 5. The van der Waals surface area contributed by atoms with Crippen molar-refractivity contribution in [2.24, 2.45) is 0 Å². The first-order valence-corrected chi connectivity index (χ1v) is 7.78. The fraction of sp³-hybridized carbons (Fsp3) is 0.333. The Morgan fingerprint density at radius 2 is 1.75 bits per heavy atom. The fourth-order valence-electron chi connectivity index (χ4n) is 2.44. The van der Waals surface area contributed by atoms with Gasteiger partial charge >= 0.3 is 12.1 Å². The number of aromatic carboxylic acids is 1. The molecule has 0 aliphatic carbocycles. The van der Waals surface area contributed by atoms with E-state index < -0.39 is 17.7 Å². The quantitative estimate of drug-likeness (QED) is 0.809. The minimum atomic E-state index is -4.59. The fourth-order valence-corrected chi connectivity index (χ4v) is 3.09. The molecule has 0 aliphatic heterocycles. The van der Waals surface area contributed by atoms with Gasteiger partial charge in [0, 0.05) is 0 Å². The van der Waals surface area contributed by atoms with Crippen molar-refractivity contribution in [3.63, 3.8) is 0 Å². The molecule has 4 nitrogen and oxygen atoms in total. The first kappa shape index (κ1) is 18.6. The predicted molar refractivity (Wildman–Crippen MR) is 84.3 cm³/mol. The highest BCUT2D eigenvalue weighted by molar-refractivity contribution is 6.37. The van der Waals surface area contributed by atoms with Crippen molar-refractivity contribution < 1.29 is 23.1 Å². The van der Waals surface area contributed by atoms with Crippen LogP contribution in [0.3, 0.4) is 0 Å². The zero-order chi connectivity index (χ0) is 18.2. The zero-order valence-electron chi connectivity index (χ0n) is 12.7. The van der Waals surface area contributed by atoms with E-state index >= 15 is 0 Å². The van der Waals surface area contributed by atoms with E-state index in [-0.39, 0.29) is 21.3 Å². The van der Waals surface area contributed by atoms with E-state index in [0.29, 0.717) is 24.2 Å². The highest BCUT2D eigenvalue weighted by Crippen LogP contribution is 2.38. The number of aromatic nitrogens is 2. The molecule has 0 spiro atoms. The van der Waals surface area contributed by atoms with Crippen LogP contribution in [0.4, 0.5) is 13.2 Å². The molecule has 1 heterocycles. The average molecular weight is 381 g/mol. The van der Waals surface area contributed by atoms with Crippen LogP contribution in [0.25, 0.3) is 5.69 Å². The maximum atomic E-state index is 12.8. The van der Waals surface area contributed by atoms with Crippen LogP contribution in [0.2, 0.25) is 10.0 Å². The van der Waals surface area contributed by atoms with E-state index in [1.807, 2.05) is 0 Å². The van der Waals surface area contributed by atoms with Gasteiger partial charge in [0.2, 0.25) is 0 Å². The van der Waals surface area contributed by atoms with Crippen LogP contribution in [-0.2, 0) is 19.0 Å². The number of carbonyl (C=O) groups is 1. The van der Waals surface area contributed by atoms with E-state index in [1.165, 1.54) is 4.68 Å². The molecule has 0 aliphatic rings. The van der Waals surface area contributed by atoms with Crippen LogP contribution in [0.15, 0.2) is 12.1 Å². The second-order valence-electron chi connectivity index (χ2n) is 4.98. The van der Waals surface area contributed by atoms with Crippen LogP contribution in [0, 0.1) is 0 Å². The number of carboxylic acids is 1. The van der Waals surface area contributed by atoms with Crippen LogP contribution in [0.1, 0.15) is 41.2 Å². The summed E-state index contributed by atoms with van der Waals surface area (Å²) in [5, 5.41) is 13.1. The number of nitrogens with zero attached hydrogens (tertiary/aromatic N) is 2. The van der Waals surface area contributed by atoms with Crippen molar-refractivity contribution in [3.05, 3.63) is 44.7 Å². The summed E-state index contributed by atoms with van der Waals surface area (Å²) < 4.78 is 39.7. The van der Waals surface area contributed by atoms with E-state index in [4.69, 9.17) is 23.2 Å². The number of benzene rings is 1. The average Bonchev–Trinajstić information content (AvgIpc) is 2.84. The van der Waals surface area contributed by atoms with Crippen LogP contribution in [-0.4, -0.2) is 20.9 Å². The summed E-state index contributed by atoms with van der Waals surface area (Å²) in [6.45, 7) is 3.44. The minimum absolute atomic E-state index is 0.0204. The number of hydrogen-bond donors (Lipinski definition) is 1. The molecule has 1 aromatic carbocycles. The smallest absolute Gasteiger partial charge is 0.416 e. The zero-order valence-corrected chi connectivity index (χ0v) is 14.2. The summed E-state index contributed by atoms with van der Waals surface area (Å²) in [5.41, 5.74) is -0.299. The van der Waals surface area contributed by atoms with Crippen LogP contribution < -0.4 is 0 Å². The van der Waals surface area contributed by atoms with Gasteiger partial charge in [-0.3, -0.25) is 0 Å². The lowest BCUT2D eigenvalue weighted by atomic mass is 10.1. The first-order valence-electron chi connectivity index (χ1n) is 7.02. The summed E-state index contributed by atoms with van der Waals surface area (Å²) in [6.07, 6.45) is -3.95. The molecule has 130 valence electrons. The van der Waals surface area contributed by atoms with Crippen molar-refractivity contribution in [2.45, 2.75) is 32.9 Å². The third-order valence-corrected chi connectivity index (χ3v) is 4.07. The second-order valence-corrected chi connectivity index (χ2v) is 5.79. The summed E-state index contributed by atoms with van der Waals surface area (Å²) in [7, 11) is 0. The molecule has 24 heavy (non-hydrogen) atoms. The van der Waals surface area contributed by atoms with Crippen molar-refractivity contribution >= 4 is 29.2 Å². The Labute approximate surface area is 145 Å². The largest absolute Gasteiger partial charge is 0.478 e. The van der Waals surface area contributed by atoms with Gasteiger partial charge in [0.1, 0.15) is 11.3 Å². The van der Waals surface area contributed by atoms with Crippen molar-refractivity contribution in [1.82, 2.24) is 9.78 Å². The second kappa shape index (κ2) is 6.64. The van der Waals surface area contributed by atoms with Gasteiger partial charge in [0.25, 0.3) is 0 Å². The van der Waals surface area contributed by atoms with E-state index in [0.717, 1.165) is 12.1 Å². The van der Waals surface area contributed by atoms with Gasteiger partial charge in [-0.05, 0) is 25.0 Å². The number of alkyl halides is 3. The van der Waals surface area contributed by atoms with Gasteiger partial charge in [-0.1, -0.05) is 37.0 Å². The normalized spacial score (nSPS) is 11.8. The summed E-state index contributed by atoms with van der Waals surface area (Å²) in [6, 6.07) is 1.49. The molecule has 2 aromatic rings. The molecule has 2 rings (SSSR count). The molecule has 0 amide bonds. The lowest BCUT2D eigenvalue weighted by Crippen LogP contribution is -2.09. The molecule has 1 aromatic heterocycles. The maximum absolute atomic E-state index is 12.8. The number of rotatable bonds is 4. The Morgan fingerprint density at radius 1 is 1.21 bits per heavy atom. The highest BCUT2D eigenvalue weighted by Gasteiger charge is 2.33. The molecular formula is C15H13Cl2F3N2O2. The van der Waals surface area contributed by atoms with Crippen LogP contribution >= 0.6 is 23.2 Å². The molecule has 0 atom stereocenters. The molecule has 0 fully saturated rings. The van der Waals surface area contributed by atoms with Gasteiger partial charge in [0.15, 0.2) is 0 Å². The molecule has 0 unspecified atom stereocenters. The van der Waals surface area contributed by atoms with Gasteiger partial charge < -0.3 is 5.11 Å². The predicted octanol–water partition coefficient (Wildman–Crippen LogP) is 5.02. The van der Waals surface area contributed by atoms with Crippen molar-refractivity contribution in [1.29, 1.82) is 0 Å². The lowest BCUT2D eigenvalue weighted by Gasteiger charge is -2.14. The molecule has 0 bridgehead atoms. The Kier molecular flexibility index (Phi) is 5.15. The monoisotopic (exact) mass is 380 g/mol. The van der Waals surface area contributed by atoms with Crippen LogP contribution in [0.5, 0.6) is 0 Å². The lowest BCUT2D eigenvalue weighted by molar-refractivity contribution is -0.137. The Bertz CT molecular complexity index is 778. The first-order chi connectivity index (χ1) is 11.1. The van der Waals surface area contributed by atoms with Gasteiger partial charge in [-0.2, -0.15) is 18.3 Å². The maximum Gasteiger partial charge on any atom is 0.416 e. The molecule has 0 saturated carbocycles. The third kappa shape index (κ3) is 3.23. The highest BCUT2D eigenvalue weighted by atomic mass is 35.5. The van der Waals surface area contributed by atoms with Gasteiger partial charge in [-0.15, -0.1) is 0 Å². The van der Waals surface area contributed by atoms with Gasteiger partial charge in [0.05, 0.1) is 27.0 Å². The SMILES string of the molecule is CCc1nn(-c2c(Cl)cc(C(F)(F)F)cc2Cl)c(CC)c1C(=O)O. The number of carboxylic acid groups (broad SMARTS) is 1. The number of aryl methyl sites for hydroxylation is 1. The Balaban J connectivity index is 2.76. The molecule has 0 saturated heterocycles. The molecular weight excluding hydrogens is 368 g/mol. The van der Waals surface area contributed by atoms with E-state index in [1.54, 1.807) is 13.8 Å². The third-order valence-electron chi connectivity index (χ3n) is 3.49. The Morgan fingerprint density at radius 3 is 2.12 bits per heavy atom. The van der Waals surface area contributed by atoms with E-state index in [9.17, 15) is 23.1 Å². The van der Waals surface area contributed by atoms with Gasteiger partial charge in [-0.25, -0.2) is 9.48 Å². The standard InChI is InChI=1S/C15H13Cl2F3N2O2/c1-3-10-12(14(23)24)11(4-2)22(21-10)13-8(16)5-7(6-9(13)17)15(18,19)20/h5-6H,3-4H2,1-2H3,(H,23,24). The van der Waals surface area contributed by atoms with Crippen molar-refractivity contribution in [2.75, 3.05) is 0 Å². The summed E-state index contributed by atoms with van der Waals surface area (Å²) in [4.78, 5) is 11.5. The summed E-state index contributed by atoms with van der Waals surface area (Å²) >= 11 is 12.0. The topological polar surface area (TPSA) is 55.1 Å².